The van der Waals surface area contributed by atoms with Crippen molar-refractivity contribution in [2.24, 2.45) is 0 Å². The van der Waals surface area contributed by atoms with E-state index >= 15 is 0 Å². The van der Waals surface area contributed by atoms with Gasteiger partial charge in [-0.1, -0.05) is 29.8 Å². The molecule has 2 heterocycles. The Morgan fingerprint density at radius 2 is 1.71 bits per heavy atom. The molecule has 1 aliphatic rings. The lowest BCUT2D eigenvalue weighted by molar-refractivity contribution is 0.174. The third kappa shape index (κ3) is 4.64. The van der Waals surface area contributed by atoms with E-state index in [0.717, 1.165) is 46.6 Å². The number of rotatable bonds is 7. The van der Waals surface area contributed by atoms with Gasteiger partial charge in [0.2, 0.25) is 12.7 Å². The number of nitrogens with zero attached hydrogens (tertiary/aromatic N) is 2. The largest absolute Gasteiger partial charge is 0.454 e. The molecule has 0 unspecified atom stereocenters. The van der Waals surface area contributed by atoms with Crippen LogP contribution in [0.25, 0.3) is 0 Å². The van der Waals surface area contributed by atoms with Gasteiger partial charge in [-0.3, -0.25) is 0 Å². The first kappa shape index (κ1) is 18.4. The molecule has 2 aromatic carbocycles. The molecule has 1 aliphatic heterocycles. The van der Waals surface area contributed by atoms with Crippen LogP contribution in [0, 0.1) is 6.92 Å². The molecule has 4 rings (SSSR count). The molecular weight excluding hydrogens is 376 g/mol. The average molecular weight is 397 g/mol. The summed E-state index contributed by atoms with van der Waals surface area (Å²) in [6.45, 7) is 3.61. The maximum atomic E-state index is 5.93. The summed E-state index contributed by atoms with van der Waals surface area (Å²) in [7, 11) is 0. The van der Waals surface area contributed by atoms with Crippen LogP contribution < -0.4 is 20.1 Å². The number of ether oxygens (including phenoxy) is 2. The Labute approximate surface area is 168 Å². The Morgan fingerprint density at radius 1 is 0.929 bits per heavy atom. The SMILES string of the molecule is Cc1cc(NCCc2ccc(Cl)cc2)nc(NCc2ccc3c(c2)OCO3)n1. The van der Waals surface area contributed by atoms with Crippen LogP contribution in [0.2, 0.25) is 5.02 Å². The van der Waals surface area contributed by atoms with Crippen LogP contribution in [0.5, 0.6) is 11.5 Å². The van der Waals surface area contributed by atoms with Gasteiger partial charge in [-0.25, -0.2) is 4.98 Å². The van der Waals surface area contributed by atoms with Crippen LogP contribution in [0.4, 0.5) is 11.8 Å². The fourth-order valence-electron chi connectivity index (χ4n) is 2.96. The minimum Gasteiger partial charge on any atom is -0.454 e. The summed E-state index contributed by atoms with van der Waals surface area (Å²) in [5.41, 5.74) is 3.20. The zero-order valence-corrected chi connectivity index (χ0v) is 16.3. The molecule has 0 bridgehead atoms. The van der Waals surface area contributed by atoms with Crippen molar-refractivity contribution in [3.05, 3.63) is 70.4 Å². The van der Waals surface area contributed by atoms with Crippen molar-refractivity contribution >= 4 is 23.4 Å². The Kier molecular flexibility index (Phi) is 5.48. The van der Waals surface area contributed by atoms with Gasteiger partial charge in [-0.15, -0.1) is 0 Å². The standard InChI is InChI=1S/C21H21ClN4O2/c1-14-10-20(23-9-8-15-2-5-17(22)6-3-15)26-21(25-14)24-12-16-4-7-18-19(11-16)28-13-27-18/h2-7,10-11H,8-9,12-13H2,1H3,(H2,23,24,25,26). The zero-order chi connectivity index (χ0) is 19.3. The van der Waals surface area contributed by atoms with Gasteiger partial charge in [0.05, 0.1) is 0 Å². The zero-order valence-electron chi connectivity index (χ0n) is 15.5. The van der Waals surface area contributed by atoms with Gasteiger partial charge < -0.3 is 20.1 Å². The predicted molar refractivity (Wildman–Crippen MR) is 110 cm³/mol. The average Bonchev–Trinajstić information content (AvgIpc) is 3.15. The van der Waals surface area contributed by atoms with E-state index in [0.29, 0.717) is 12.5 Å². The molecule has 0 atom stereocenters. The van der Waals surface area contributed by atoms with E-state index in [1.165, 1.54) is 5.56 Å². The normalized spacial score (nSPS) is 12.1. The number of fused-ring (bicyclic) bond motifs is 1. The Balaban J connectivity index is 1.34. The van der Waals surface area contributed by atoms with Crippen LogP contribution in [0.3, 0.4) is 0 Å². The topological polar surface area (TPSA) is 68.3 Å². The quantitative estimate of drug-likeness (QED) is 0.615. The summed E-state index contributed by atoms with van der Waals surface area (Å²) in [5.74, 6) is 2.94. The molecule has 2 N–H and O–H groups in total. The molecule has 0 spiro atoms. The highest BCUT2D eigenvalue weighted by Gasteiger charge is 2.13. The van der Waals surface area contributed by atoms with Crippen molar-refractivity contribution in [2.45, 2.75) is 19.9 Å². The van der Waals surface area contributed by atoms with Crippen LogP contribution in [-0.4, -0.2) is 23.3 Å². The molecule has 0 fully saturated rings. The van der Waals surface area contributed by atoms with E-state index in [2.05, 4.69) is 20.6 Å². The molecule has 144 valence electrons. The minimum atomic E-state index is 0.276. The van der Waals surface area contributed by atoms with Gasteiger partial charge >= 0.3 is 0 Å². The maximum Gasteiger partial charge on any atom is 0.231 e. The van der Waals surface area contributed by atoms with Crippen molar-refractivity contribution < 1.29 is 9.47 Å². The fourth-order valence-corrected chi connectivity index (χ4v) is 3.08. The lowest BCUT2D eigenvalue weighted by atomic mass is 10.1. The monoisotopic (exact) mass is 396 g/mol. The highest BCUT2D eigenvalue weighted by Crippen LogP contribution is 2.32. The van der Waals surface area contributed by atoms with E-state index in [1.807, 2.05) is 55.5 Å². The molecular formula is C21H21ClN4O2. The first-order valence-electron chi connectivity index (χ1n) is 9.12. The van der Waals surface area contributed by atoms with Crippen molar-refractivity contribution in [3.8, 4) is 11.5 Å². The number of hydrogen-bond donors (Lipinski definition) is 2. The molecule has 0 radical (unpaired) electrons. The van der Waals surface area contributed by atoms with Gasteiger partial charge in [0.1, 0.15) is 5.82 Å². The number of hydrogen-bond acceptors (Lipinski definition) is 6. The van der Waals surface area contributed by atoms with Gasteiger partial charge in [0.25, 0.3) is 0 Å². The summed E-state index contributed by atoms with van der Waals surface area (Å²) < 4.78 is 10.8. The number of nitrogens with one attached hydrogen (secondary N) is 2. The van der Waals surface area contributed by atoms with Gasteiger partial charge in [-0.05, 0) is 48.7 Å². The fraction of sp³-hybridized carbons (Fsp3) is 0.238. The highest BCUT2D eigenvalue weighted by atomic mass is 35.5. The maximum absolute atomic E-state index is 5.93. The van der Waals surface area contributed by atoms with Crippen LogP contribution in [0.15, 0.2) is 48.5 Å². The van der Waals surface area contributed by atoms with Crippen molar-refractivity contribution in [1.82, 2.24) is 9.97 Å². The number of halogens is 1. The van der Waals surface area contributed by atoms with Crippen molar-refractivity contribution in [3.63, 3.8) is 0 Å². The molecule has 0 saturated heterocycles. The molecule has 1 aromatic heterocycles. The number of benzene rings is 2. The van der Waals surface area contributed by atoms with Gasteiger partial charge in [0.15, 0.2) is 11.5 Å². The lowest BCUT2D eigenvalue weighted by Gasteiger charge is -2.10. The second-order valence-corrected chi connectivity index (χ2v) is 7.00. The van der Waals surface area contributed by atoms with E-state index in [-0.39, 0.29) is 6.79 Å². The summed E-state index contributed by atoms with van der Waals surface area (Å²) in [6.07, 6.45) is 0.889. The Hall–Kier alpha value is -2.99. The summed E-state index contributed by atoms with van der Waals surface area (Å²) in [6, 6.07) is 15.7. The number of aromatic nitrogens is 2. The second kappa shape index (κ2) is 8.35. The van der Waals surface area contributed by atoms with Gasteiger partial charge in [-0.2, -0.15) is 4.98 Å². The molecule has 28 heavy (non-hydrogen) atoms. The number of anilines is 2. The first-order chi connectivity index (χ1) is 13.7. The van der Waals surface area contributed by atoms with E-state index in [4.69, 9.17) is 21.1 Å². The van der Waals surface area contributed by atoms with Crippen LogP contribution in [0.1, 0.15) is 16.8 Å². The van der Waals surface area contributed by atoms with Crippen LogP contribution in [-0.2, 0) is 13.0 Å². The Morgan fingerprint density at radius 3 is 2.57 bits per heavy atom. The summed E-state index contributed by atoms with van der Waals surface area (Å²) in [5, 5.41) is 7.39. The summed E-state index contributed by atoms with van der Waals surface area (Å²) in [4.78, 5) is 9.02. The van der Waals surface area contributed by atoms with E-state index in [1.54, 1.807) is 0 Å². The molecule has 6 nitrogen and oxygen atoms in total. The molecule has 3 aromatic rings. The molecule has 0 saturated carbocycles. The predicted octanol–water partition coefficient (Wildman–Crippen LogP) is 4.43. The third-order valence-electron chi connectivity index (χ3n) is 4.37. The van der Waals surface area contributed by atoms with E-state index < -0.39 is 0 Å². The third-order valence-corrected chi connectivity index (χ3v) is 4.63. The Bertz CT molecular complexity index is 963. The highest BCUT2D eigenvalue weighted by molar-refractivity contribution is 6.30. The van der Waals surface area contributed by atoms with Crippen LogP contribution >= 0.6 is 11.6 Å². The smallest absolute Gasteiger partial charge is 0.231 e. The second-order valence-electron chi connectivity index (χ2n) is 6.56. The molecule has 7 heteroatoms. The minimum absolute atomic E-state index is 0.276. The van der Waals surface area contributed by atoms with Crippen molar-refractivity contribution in [2.75, 3.05) is 24.0 Å². The van der Waals surface area contributed by atoms with Crippen molar-refractivity contribution in [1.29, 1.82) is 0 Å². The number of aryl methyl sites for hydroxylation is 1. The van der Waals surface area contributed by atoms with E-state index in [9.17, 15) is 0 Å². The summed E-state index contributed by atoms with van der Waals surface area (Å²) >= 11 is 5.93. The molecule has 0 aliphatic carbocycles. The first-order valence-corrected chi connectivity index (χ1v) is 9.50. The molecule has 0 amide bonds. The lowest BCUT2D eigenvalue weighted by Crippen LogP contribution is -2.10. The van der Waals surface area contributed by atoms with Gasteiger partial charge in [0, 0.05) is 29.9 Å².